The molecule has 4 heterocycles. The summed E-state index contributed by atoms with van der Waals surface area (Å²) in [5.41, 5.74) is 1.77. The average Bonchev–Trinajstić information content (AvgIpc) is 3.59. The molecule has 2 aromatic carbocycles. The fraction of sp³-hybridized carbons (Fsp3) is 0.433. The standard InChI is InChI=1S/C30H32N2O7/c1-4-36-28(35)25-23-22(26(33)32(27(23)34)17-19-13-9-6-10-14-19)24(31(25)16-18-11-7-5-8-12-18)20-15-21-29(37-20)39-30(2,3)38-21/h5-15,21-25,29H,4,16-17H2,1-3H3/t21-,22-,23+,24+,25-,29-/m1/s1. The van der Waals surface area contributed by atoms with Crippen molar-refractivity contribution in [2.45, 2.75) is 64.1 Å². The lowest BCUT2D eigenvalue weighted by Gasteiger charge is -2.33. The van der Waals surface area contributed by atoms with Crippen LogP contribution in [0, 0.1) is 11.8 Å². The highest BCUT2D eigenvalue weighted by Gasteiger charge is 2.66. The monoisotopic (exact) mass is 532 g/mol. The zero-order valence-corrected chi connectivity index (χ0v) is 22.2. The Labute approximate surface area is 227 Å². The minimum atomic E-state index is -0.958. The molecule has 0 N–H and O–H groups in total. The molecule has 204 valence electrons. The normalized spacial score (nSPS) is 31.2. The van der Waals surface area contributed by atoms with Crippen LogP contribution < -0.4 is 0 Å². The molecule has 6 atom stereocenters. The highest BCUT2D eigenvalue weighted by molar-refractivity contribution is 6.08. The van der Waals surface area contributed by atoms with Crippen molar-refractivity contribution in [3.8, 4) is 0 Å². The maximum absolute atomic E-state index is 14.0. The number of fused-ring (bicyclic) bond motifs is 2. The van der Waals surface area contributed by atoms with Crippen LogP contribution in [0.4, 0.5) is 0 Å². The highest BCUT2D eigenvalue weighted by atomic mass is 16.8. The Hall–Kier alpha value is -3.53. The Kier molecular flexibility index (Phi) is 6.53. The van der Waals surface area contributed by atoms with Crippen LogP contribution >= 0.6 is 0 Å². The van der Waals surface area contributed by atoms with E-state index >= 15 is 0 Å². The molecule has 0 saturated carbocycles. The third-order valence-corrected chi connectivity index (χ3v) is 7.76. The number of carbonyl (C=O) groups excluding carboxylic acids is 3. The average molecular weight is 533 g/mol. The first-order valence-corrected chi connectivity index (χ1v) is 13.4. The number of benzene rings is 2. The van der Waals surface area contributed by atoms with Crippen LogP contribution in [0.15, 0.2) is 72.5 Å². The van der Waals surface area contributed by atoms with E-state index in [4.69, 9.17) is 18.9 Å². The Morgan fingerprint density at radius 1 is 0.897 bits per heavy atom. The fourth-order valence-corrected chi connectivity index (χ4v) is 6.25. The lowest BCUT2D eigenvalue weighted by atomic mass is 9.88. The zero-order chi connectivity index (χ0) is 27.3. The number of carbonyl (C=O) groups is 3. The molecule has 0 aromatic heterocycles. The van der Waals surface area contributed by atoms with Crippen LogP contribution in [-0.4, -0.2) is 64.5 Å². The SMILES string of the molecule is CCOC(=O)[C@H]1[C@H]2C(=O)N(Cc3ccccc3)C(=O)[C@H]2[C@H](C2=C[C@H]3OC(C)(C)O[C@H]3O2)N1Cc1ccccc1. The number of nitrogens with zero attached hydrogens (tertiary/aromatic N) is 2. The molecule has 39 heavy (non-hydrogen) atoms. The van der Waals surface area contributed by atoms with Gasteiger partial charge in [0.05, 0.1) is 31.0 Å². The van der Waals surface area contributed by atoms with Gasteiger partial charge in [0.25, 0.3) is 0 Å². The lowest BCUT2D eigenvalue weighted by molar-refractivity contribution is -0.184. The van der Waals surface area contributed by atoms with Gasteiger partial charge < -0.3 is 18.9 Å². The number of amides is 2. The second-order valence-corrected chi connectivity index (χ2v) is 10.8. The highest BCUT2D eigenvalue weighted by Crippen LogP contribution is 2.49. The maximum Gasteiger partial charge on any atom is 0.324 e. The predicted molar refractivity (Wildman–Crippen MR) is 138 cm³/mol. The summed E-state index contributed by atoms with van der Waals surface area (Å²) in [6.07, 6.45) is 0.701. The summed E-state index contributed by atoms with van der Waals surface area (Å²) in [4.78, 5) is 44.6. The van der Waals surface area contributed by atoms with E-state index in [2.05, 4.69) is 0 Å². The van der Waals surface area contributed by atoms with E-state index in [9.17, 15) is 14.4 Å². The van der Waals surface area contributed by atoms with Gasteiger partial charge in [0.15, 0.2) is 5.79 Å². The van der Waals surface area contributed by atoms with E-state index in [-0.39, 0.29) is 25.0 Å². The van der Waals surface area contributed by atoms with E-state index in [1.165, 1.54) is 4.90 Å². The third-order valence-electron chi connectivity index (χ3n) is 7.76. The lowest BCUT2D eigenvalue weighted by Crippen LogP contribution is -2.48. The number of likely N-dealkylation sites (tertiary alicyclic amines) is 2. The molecule has 0 spiro atoms. The molecular weight excluding hydrogens is 500 g/mol. The Morgan fingerprint density at radius 3 is 2.13 bits per heavy atom. The van der Waals surface area contributed by atoms with Gasteiger partial charge in [0.2, 0.25) is 18.1 Å². The molecule has 2 aromatic rings. The summed E-state index contributed by atoms with van der Waals surface area (Å²) in [5.74, 6) is -3.29. The van der Waals surface area contributed by atoms with Crippen molar-refractivity contribution in [2.24, 2.45) is 11.8 Å². The largest absolute Gasteiger partial charge is 0.465 e. The number of hydrogen-bond acceptors (Lipinski definition) is 8. The number of hydrogen-bond donors (Lipinski definition) is 0. The minimum Gasteiger partial charge on any atom is -0.465 e. The number of imide groups is 1. The van der Waals surface area contributed by atoms with Crippen molar-refractivity contribution in [1.29, 1.82) is 0 Å². The fourth-order valence-electron chi connectivity index (χ4n) is 6.25. The predicted octanol–water partition coefficient (Wildman–Crippen LogP) is 3.00. The smallest absolute Gasteiger partial charge is 0.324 e. The Morgan fingerprint density at radius 2 is 1.51 bits per heavy atom. The van der Waals surface area contributed by atoms with Gasteiger partial charge in [-0.3, -0.25) is 24.2 Å². The van der Waals surface area contributed by atoms with Crippen molar-refractivity contribution in [3.63, 3.8) is 0 Å². The molecule has 9 nitrogen and oxygen atoms in total. The summed E-state index contributed by atoms with van der Waals surface area (Å²) in [6, 6.07) is 17.4. The molecule has 4 aliphatic heterocycles. The second kappa shape index (κ2) is 9.89. The number of rotatable bonds is 7. The first-order valence-electron chi connectivity index (χ1n) is 13.4. The Bertz CT molecular complexity index is 1290. The van der Waals surface area contributed by atoms with E-state index in [1.807, 2.05) is 85.5 Å². The van der Waals surface area contributed by atoms with Crippen molar-refractivity contribution in [2.75, 3.05) is 6.61 Å². The number of ether oxygens (including phenoxy) is 4. The van der Waals surface area contributed by atoms with E-state index in [1.54, 1.807) is 6.92 Å². The van der Waals surface area contributed by atoms with Crippen LogP contribution in [0.1, 0.15) is 31.9 Å². The van der Waals surface area contributed by atoms with Crippen LogP contribution in [0.2, 0.25) is 0 Å². The van der Waals surface area contributed by atoms with Gasteiger partial charge in [0.1, 0.15) is 17.9 Å². The molecule has 4 aliphatic rings. The van der Waals surface area contributed by atoms with Crippen LogP contribution in [0.25, 0.3) is 0 Å². The molecule has 0 bridgehead atoms. The van der Waals surface area contributed by atoms with Gasteiger partial charge >= 0.3 is 5.97 Å². The topological polar surface area (TPSA) is 94.6 Å². The molecule has 3 saturated heterocycles. The third kappa shape index (κ3) is 4.54. The summed E-state index contributed by atoms with van der Waals surface area (Å²) >= 11 is 0. The van der Waals surface area contributed by atoms with Gasteiger partial charge in [-0.05, 0) is 38.0 Å². The minimum absolute atomic E-state index is 0.137. The summed E-state index contributed by atoms with van der Waals surface area (Å²) < 4.78 is 23.6. The van der Waals surface area contributed by atoms with Gasteiger partial charge in [0, 0.05) is 6.54 Å². The van der Waals surface area contributed by atoms with Crippen LogP contribution in [0.5, 0.6) is 0 Å². The zero-order valence-electron chi connectivity index (χ0n) is 22.2. The molecule has 0 radical (unpaired) electrons. The summed E-state index contributed by atoms with van der Waals surface area (Å²) in [6.45, 7) is 5.97. The Balaban J connectivity index is 1.41. The first kappa shape index (κ1) is 25.7. The van der Waals surface area contributed by atoms with Gasteiger partial charge in [-0.1, -0.05) is 60.7 Å². The number of esters is 1. The maximum atomic E-state index is 14.0. The molecule has 0 unspecified atom stereocenters. The van der Waals surface area contributed by atoms with Crippen molar-refractivity contribution < 1.29 is 33.3 Å². The molecule has 3 fully saturated rings. The molecule has 6 rings (SSSR count). The van der Waals surface area contributed by atoms with Crippen molar-refractivity contribution in [1.82, 2.24) is 9.80 Å². The van der Waals surface area contributed by atoms with Crippen molar-refractivity contribution >= 4 is 17.8 Å². The van der Waals surface area contributed by atoms with E-state index in [0.29, 0.717) is 12.3 Å². The van der Waals surface area contributed by atoms with E-state index < -0.39 is 48.1 Å². The van der Waals surface area contributed by atoms with Gasteiger partial charge in [-0.15, -0.1) is 0 Å². The first-order chi connectivity index (χ1) is 18.8. The molecule has 9 heteroatoms. The second-order valence-electron chi connectivity index (χ2n) is 10.8. The van der Waals surface area contributed by atoms with Gasteiger partial charge in [-0.25, -0.2) is 0 Å². The summed E-state index contributed by atoms with van der Waals surface area (Å²) in [5, 5.41) is 0. The van der Waals surface area contributed by atoms with E-state index in [0.717, 1.165) is 11.1 Å². The molecule has 0 aliphatic carbocycles. The van der Waals surface area contributed by atoms with Crippen molar-refractivity contribution in [3.05, 3.63) is 83.6 Å². The summed E-state index contributed by atoms with van der Waals surface area (Å²) in [7, 11) is 0. The molecule has 2 amide bonds. The van der Waals surface area contributed by atoms with Crippen LogP contribution in [-0.2, 0) is 46.4 Å². The molecular formula is C30H32N2O7. The van der Waals surface area contributed by atoms with Gasteiger partial charge in [-0.2, -0.15) is 0 Å². The quantitative estimate of drug-likeness (QED) is 0.397. The van der Waals surface area contributed by atoms with Crippen LogP contribution in [0.3, 0.4) is 0 Å².